The number of carbonyl (C=O) groups is 1. The van der Waals surface area contributed by atoms with Crippen molar-refractivity contribution in [2.24, 2.45) is 0 Å². The minimum Gasteiger partial charge on any atom is -0.462 e. The standard InChI is InChI=1S/C15H16ClN3O2/c1-4-21-15(20)12-13(16)17-8-18-14(12)19-11-7-5-6-9(2)10(11)3/h5-8H,4H2,1-3H3,(H,17,18,19). The van der Waals surface area contributed by atoms with Gasteiger partial charge in [-0.15, -0.1) is 0 Å². The average molecular weight is 306 g/mol. The molecule has 5 nitrogen and oxygen atoms in total. The van der Waals surface area contributed by atoms with Crippen molar-refractivity contribution < 1.29 is 9.53 Å². The zero-order valence-electron chi connectivity index (χ0n) is 12.1. The number of hydrogen-bond donors (Lipinski definition) is 1. The van der Waals surface area contributed by atoms with E-state index in [0.717, 1.165) is 16.8 Å². The second-order valence-electron chi connectivity index (χ2n) is 4.48. The molecule has 110 valence electrons. The number of esters is 1. The lowest BCUT2D eigenvalue weighted by Gasteiger charge is -2.13. The van der Waals surface area contributed by atoms with Gasteiger partial charge >= 0.3 is 5.97 Å². The van der Waals surface area contributed by atoms with Crippen LogP contribution in [0.25, 0.3) is 0 Å². The number of anilines is 2. The number of ether oxygens (including phenoxy) is 1. The number of hydrogen-bond acceptors (Lipinski definition) is 5. The summed E-state index contributed by atoms with van der Waals surface area (Å²) in [5, 5.41) is 3.19. The molecule has 0 aliphatic heterocycles. The Balaban J connectivity index is 2.43. The lowest BCUT2D eigenvalue weighted by Crippen LogP contribution is -2.11. The number of nitrogens with zero attached hydrogens (tertiary/aromatic N) is 2. The van der Waals surface area contributed by atoms with E-state index in [1.807, 2.05) is 32.0 Å². The van der Waals surface area contributed by atoms with E-state index in [2.05, 4.69) is 15.3 Å². The third kappa shape index (κ3) is 3.31. The molecule has 0 radical (unpaired) electrons. The molecule has 0 saturated heterocycles. The molecule has 1 aromatic carbocycles. The first-order valence-electron chi connectivity index (χ1n) is 6.55. The molecule has 21 heavy (non-hydrogen) atoms. The predicted molar refractivity (Wildman–Crippen MR) is 82.2 cm³/mol. The van der Waals surface area contributed by atoms with Crippen LogP contribution < -0.4 is 5.32 Å². The first-order valence-corrected chi connectivity index (χ1v) is 6.93. The smallest absolute Gasteiger partial charge is 0.345 e. The maximum atomic E-state index is 12.0. The fourth-order valence-electron chi connectivity index (χ4n) is 1.86. The van der Waals surface area contributed by atoms with E-state index >= 15 is 0 Å². The minimum absolute atomic E-state index is 0.0660. The molecule has 0 bridgehead atoms. The van der Waals surface area contributed by atoms with Gasteiger partial charge in [0.1, 0.15) is 22.9 Å². The molecule has 0 fully saturated rings. The van der Waals surface area contributed by atoms with E-state index in [4.69, 9.17) is 16.3 Å². The third-order valence-corrected chi connectivity index (χ3v) is 3.42. The van der Waals surface area contributed by atoms with Crippen LogP contribution in [-0.2, 0) is 4.74 Å². The summed E-state index contributed by atoms with van der Waals surface area (Å²) in [6, 6.07) is 5.85. The topological polar surface area (TPSA) is 64.1 Å². The molecule has 0 unspecified atom stereocenters. The quantitative estimate of drug-likeness (QED) is 0.689. The molecular formula is C15H16ClN3O2. The summed E-state index contributed by atoms with van der Waals surface area (Å²) in [5.74, 6) is -0.210. The van der Waals surface area contributed by atoms with Gasteiger partial charge in [-0.2, -0.15) is 0 Å². The second kappa shape index (κ2) is 6.54. The van der Waals surface area contributed by atoms with Gasteiger partial charge in [-0.05, 0) is 38.0 Å². The SMILES string of the molecule is CCOC(=O)c1c(Cl)ncnc1Nc1cccc(C)c1C. The molecule has 0 amide bonds. The molecule has 0 saturated carbocycles. The molecular weight excluding hydrogens is 290 g/mol. The molecule has 0 spiro atoms. The largest absolute Gasteiger partial charge is 0.462 e. The van der Waals surface area contributed by atoms with Crippen molar-refractivity contribution in [3.05, 3.63) is 46.4 Å². The Morgan fingerprint density at radius 2 is 2.10 bits per heavy atom. The van der Waals surface area contributed by atoms with Crippen molar-refractivity contribution in [3.8, 4) is 0 Å². The lowest BCUT2D eigenvalue weighted by atomic mass is 10.1. The Hall–Kier alpha value is -2.14. The van der Waals surface area contributed by atoms with Crippen molar-refractivity contribution in [2.75, 3.05) is 11.9 Å². The lowest BCUT2D eigenvalue weighted by molar-refractivity contribution is 0.0527. The van der Waals surface area contributed by atoms with Gasteiger partial charge in [-0.25, -0.2) is 14.8 Å². The van der Waals surface area contributed by atoms with Gasteiger partial charge in [-0.1, -0.05) is 23.7 Å². The van der Waals surface area contributed by atoms with Gasteiger partial charge in [0.15, 0.2) is 0 Å². The Kier molecular flexibility index (Phi) is 4.75. The van der Waals surface area contributed by atoms with Crippen LogP contribution in [0.15, 0.2) is 24.5 Å². The van der Waals surface area contributed by atoms with Crippen molar-refractivity contribution in [1.82, 2.24) is 9.97 Å². The van der Waals surface area contributed by atoms with Crippen LogP contribution >= 0.6 is 11.6 Å². The number of benzene rings is 1. The molecule has 1 aromatic heterocycles. The highest BCUT2D eigenvalue weighted by molar-refractivity contribution is 6.33. The zero-order chi connectivity index (χ0) is 15.4. The van der Waals surface area contributed by atoms with E-state index in [1.165, 1.54) is 6.33 Å². The van der Waals surface area contributed by atoms with Gasteiger partial charge in [0.25, 0.3) is 0 Å². The molecule has 2 aromatic rings. The Labute approximate surface area is 128 Å². The molecule has 2 rings (SSSR count). The van der Waals surface area contributed by atoms with Crippen LogP contribution in [0.5, 0.6) is 0 Å². The van der Waals surface area contributed by atoms with Crippen molar-refractivity contribution >= 4 is 29.1 Å². The number of nitrogens with one attached hydrogen (secondary N) is 1. The molecule has 1 N–H and O–H groups in total. The fraction of sp³-hybridized carbons (Fsp3) is 0.267. The second-order valence-corrected chi connectivity index (χ2v) is 4.84. The number of aromatic nitrogens is 2. The third-order valence-electron chi connectivity index (χ3n) is 3.14. The summed E-state index contributed by atoms with van der Waals surface area (Å²) in [7, 11) is 0. The number of halogens is 1. The van der Waals surface area contributed by atoms with Crippen molar-refractivity contribution in [3.63, 3.8) is 0 Å². The maximum Gasteiger partial charge on any atom is 0.345 e. The molecule has 0 aliphatic carbocycles. The van der Waals surface area contributed by atoms with Gasteiger partial charge in [0.05, 0.1) is 6.61 Å². The van der Waals surface area contributed by atoms with E-state index in [1.54, 1.807) is 6.92 Å². The molecule has 0 atom stereocenters. The highest BCUT2D eigenvalue weighted by Gasteiger charge is 2.20. The normalized spacial score (nSPS) is 10.3. The summed E-state index contributed by atoms with van der Waals surface area (Å²) in [4.78, 5) is 19.9. The Morgan fingerprint density at radius 1 is 1.33 bits per heavy atom. The minimum atomic E-state index is -0.545. The Morgan fingerprint density at radius 3 is 2.81 bits per heavy atom. The van der Waals surface area contributed by atoms with E-state index in [0.29, 0.717) is 5.82 Å². The highest BCUT2D eigenvalue weighted by atomic mass is 35.5. The van der Waals surface area contributed by atoms with Crippen LogP contribution in [0.1, 0.15) is 28.4 Å². The molecule has 1 heterocycles. The van der Waals surface area contributed by atoms with Gasteiger partial charge in [0, 0.05) is 5.69 Å². The molecule has 0 aliphatic rings. The average Bonchev–Trinajstić information content (AvgIpc) is 2.44. The van der Waals surface area contributed by atoms with Gasteiger partial charge in [-0.3, -0.25) is 0 Å². The van der Waals surface area contributed by atoms with E-state index < -0.39 is 5.97 Å². The summed E-state index contributed by atoms with van der Waals surface area (Å²) in [5.41, 5.74) is 3.21. The fourth-order valence-corrected chi connectivity index (χ4v) is 2.07. The predicted octanol–water partition coefficient (Wildman–Crippen LogP) is 3.67. The van der Waals surface area contributed by atoms with Crippen LogP contribution in [0, 0.1) is 13.8 Å². The first-order chi connectivity index (χ1) is 10.0. The summed E-state index contributed by atoms with van der Waals surface area (Å²) < 4.78 is 5.00. The van der Waals surface area contributed by atoms with Crippen molar-refractivity contribution in [2.45, 2.75) is 20.8 Å². The monoisotopic (exact) mass is 305 g/mol. The summed E-state index contributed by atoms with van der Waals surface area (Å²) in [6.07, 6.45) is 1.30. The first kappa shape index (κ1) is 15.3. The van der Waals surface area contributed by atoms with Crippen LogP contribution in [0.2, 0.25) is 5.15 Å². The van der Waals surface area contributed by atoms with Crippen LogP contribution in [0.3, 0.4) is 0 Å². The number of rotatable bonds is 4. The van der Waals surface area contributed by atoms with Gasteiger partial charge in [0.2, 0.25) is 0 Å². The number of carbonyl (C=O) groups excluding carboxylic acids is 1. The van der Waals surface area contributed by atoms with E-state index in [9.17, 15) is 4.79 Å². The Bertz CT molecular complexity index is 674. The summed E-state index contributed by atoms with van der Waals surface area (Å²) in [6.45, 7) is 5.99. The van der Waals surface area contributed by atoms with E-state index in [-0.39, 0.29) is 17.3 Å². The van der Waals surface area contributed by atoms with Crippen LogP contribution in [-0.4, -0.2) is 22.5 Å². The van der Waals surface area contributed by atoms with Crippen molar-refractivity contribution in [1.29, 1.82) is 0 Å². The number of aryl methyl sites for hydroxylation is 1. The zero-order valence-corrected chi connectivity index (χ0v) is 12.9. The van der Waals surface area contributed by atoms with Gasteiger partial charge < -0.3 is 10.1 Å². The van der Waals surface area contributed by atoms with Crippen LogP contribution in [0.4, 0.5) is 11.5 Å². The summed E-state index contributed by atoms with van der Waals surface area (Å²) >= 11 is 6.01. The maximum absolute atomic E-state index is 12.0. The highest BCUT2D eigenvalue weighted by Crippen LogP contribution is 2.27. The molecule has 6 heteroatoms.